The van der Waals surface area contributed by atoms with Gasteiger partial charge >= 0.3 is 0 Å². The standard InChI is InChI=1S/C16H14N2O2S2/c1-18-5-2-3-14(16(18)20)15(19)17-8-13-7-12(10-22-13)11-4-6-21-9-11/h2-7,9-10H,8H2,1H3,(H,17,19). The van der Waals surface area contributed by atoms with Crippen LogP contribution in [-0.4, -0.2) is 10.5 Å². The Balaban J connectivity index is 1.69. The second-order valence-corrected chi connectivity index (χ2v) is 6.61. The first kappa shape index (κ1) is 14.7. The van der Waals surface area contributed by atoms with Crippen LogP contribution < -0.4 is 10.9 Å². The third kappa shape index (κ3) is 3.03. The van der Waals surface area contributed by atoms with Crippen molar-refractivity contribution in [2.45, 2.75) is 6.54 Å². The molecule has 0 spiro atoms. The van der Waals surface area contributed by atoms with Gasteiger partial charge < -0.3 is 9.88 Å². The highest BCUT2D eigenvalue weighted by atomic mass is 32.1. The first-order chi connectivity index (χ1) is 10.6. The fourth-order valence-corrected chi connectivity index (χ4v) is 3.58. The van der Waals surface area contributed by atoms with E-state index < -0.39 is 0 Å². The number of carbonyl (C=O) groups is 1. The molecule has 0 saturated carbocycles. The Bertz CT molecular complexity index is 847. The second kappa shape index (κ2) is 6.29. The summed E-state index contributed by atoms with van der Waals surface area (Å²) in [6, 6.07) is 7.37. The fourth-order valence-electron chi connectivity index (χ4n) is 2.09. The third-order valence-electron chi connectivity index (χ3n) is 3.30. The Morgan fingerprint density at radius 2 is 2.14 bits per heavy atom. The van der Waals surface area contributed by atoms with Gasteiger partial charge in [0, 0.05) is 18.1 Å². The average Bonchev–Trinajstić information content (AvgIpc) is 3.18. The zero-order valence-corrected chi connectivity index (χ0v) is 13.5. The van der Waals surface area contributed by atoms with E-state index in [2.05, 4.69) is 28.2 Å². The average molecular weight is 330 g/mol. The van der Waals surface area contributed by atoms with Crippen molar-refractivity contribution in [3.63, 3.8) is 0 Å². The van der Waals surface area contributed by atoms with Gasteiger partial charge in [-0.3, -0.25) is 9.59 Å². The van der Waals surface area contributed by atoms with Crippen molar-refractivity contribution in [2.24, 2.45) is 7.05 Å². The molecule has 0 aliphatic carbocycles. The number of pyridine rings is 1. The van der Waals surface area contributed by atoms with Crippen molar-refractivity contribution in [1.29, 1.82) is 0 Å². The summed E-state index contributed by atoms with van der Waals surface area (Å²) in [5, 5.41) is 9.01. The SMILES string of the molecule is Cn1cccc(C(=O)NCc2cc(-c3ccsc3)cs2)c1=O. The molecule has 1 amide bonds. The molecule has 0 atom stereocenters. The van der Waals surface area contributed by atoms with Gasteiger partial charge in [-0.25, -0.2) is 0 Å². The zero-order valence-electron chi connectivity index (χ0n) is 11.9. The Morgan fingerprint density at radius 3 is 2.91 bits per heavy atom. The number of nitrogens with one attached hydrogen (secondary N) is 1. The van der Waals surface area contributed by atoms with E-state index in [1.165, 1.54) is 10.1 Å². The topological polar surface area (TPSA) is 51.1 Å². The Labute approximate surface area is 135 Å². The lowest BCUT2D eigenvalue weighted by molar-refractivity contribution is 0.0949. The van der Waals surface area contributed by atoms with Crippen LogP contribution in [-0.2, 0) is 13.6 Å². The van der Waals surface area contributed by atoms with Gasteiger partial charge in [0.1, 0.15) is 5.56 Å². The molecule has 0 aromatic carbocycles. The molecular formula is C16H14N2O2S2. The van der Waals surface area contributed by atoms with Crippen LogP contribution in [0.25, 0.3) is 11.1 Å². The van der Waals surface area contributed by atoms with Crippen molar-refractivity contribution in [3.05, 3.63) is 67.4 Å². The molecule has 0 saturated heterocycles. The van der Waals surface area contributed by atoms with E-state index in [1.807, 2.05) is 5.38 Å². The number of rotatable bonds is 4. The summed E-state index contributed by atoms with van der Waals surface area (Å²) in [5.74, 6) is -0.341. The van der Waals surface area contributed by atoms with Gasteiger partial charge in [0.15, 0.2) is 0 Å². The highest BCUT2D eigenvalue weighted by Gasteiger charge is 2.11. The van der Waals surface area contributed by atoms with Crippen LogP contribution in [0.2, 0.25) is 0 Å². The largest absolute Gasteiger partial charge is 0.347 e. The normalized spacial score (nSPS) is 10.6. The van der Waals surface area contributed by atoms with E-state index in [4.69, 9.17) is 0 Å². The van der Waals surface area contributed by atoms with Crippen molar-refractivity contribution in [2.75, 3.05) is 0 Å². The highest BCUT2D eigenvalue weighted by Crippen LogP contribution is 2.27. The molecule has 3 rings (SSSR count). The van der Waals surface area contributed by atoms with Crippen LogP contribution in [0.4, 0.5) is 0 Å². The molecule has 0 aliphatic rings. The van der Waals surface area contributed by atoms with E-state index >= 15 is 0 Å². The lowest BCUT2D eigenvalue weighted by Gasteiger charge is -2.04. The number of hydrogen-bond donors (Lipinski definition) is 1. The molecule has 22 heavy (non-hydrogen) atoms. The number of aromatic nitrogens is 1. The van der Waals surface area contributed by atoms with Crippen molar-refractivity contribution >= 4 is 28.6 Å². The lowest BCUT2D eigenvalue weighted by atomic mass is 10.2. The minimum Gasteiger partial charge on any atom is -0.347 e. The first-order valence-corrected chi connectivity index (χ1v) is 8.51. The quantitative estimate of drug-likeness (QED) is 0.799. The van der Waals surface area contributed by atoms with Gasteiger partial charge in [-0.15, -0.1) is 11.3 Å². The fraction of sp³-hybridized carbons (Fsp3) is 0.125. The molecule has 0 fully saturated rings. The molecule has 3 aromatic heterocycles. The summed E-state index contributed by atoms with van der Waals surface area (Å²) in [6.45, 7) is 0.422. The summed E-state index contributed by atoms with van der Waals surface area (Å²) in [5.41, 5.74) is 2.23. The van der Waals surface area contributed by atoms with Gasteiger partial charge in [-0.1, -0.05) is 0 Å². The van der Waals surface area contributed by atoms with Gasteiger partial charge in [-0.2, -0.15) is 11.3 Å². The van der Waals surface area contributed by atoms with Crippen LogP contribution in [0.15, 0.2) is 51.4 Å². The number of aryl methyl sites for hydroxylation is 1. The molecule has 4 nitrogen and oxygen atoms in total. The van der Waals surface area contributed by atoms with Gasteiger partial charge in [0.2, 0.25) is 0 Å². The summed E-state index contributed by atoms with van der Waals surface area (Å²) < 4.78 is 1.40. The summed E-state index contributed by atoms with van der Waals surface area (Å²) in [4.78, 5) is 25.1. The molecule has 0 aliphatic heterocycles. The summed E-state index contributed by atoms with van der Waals surface area (Å²) >= 11 is 3.26. The van der Waals surface area contributed by atoms with E-state index in [1.54, 1.807) is 48.1 Å². The van der Waals surface area contributed by atoms with E-state index in [9.17, 15) is 9.59 Å². The molecular weight excluding hydrogens is 316 g/mol. The van der Waals surface area contributed by atoms with Crippen LogP contribution in [0.5, 0.6) is 0 Å². The zero-order chi connectivity index (χ0) is 15.5. The maximum Gasteiger partial charge on any atom is 0.263 e. The number of thiophene rings is 2. The van der Waals surface area contributed by atoms with Crippen LogP contribution >= 0.6 is 22.7 Å². The molecule has 0 radical (unpaired) electrons. The van der Waals surface area contributed by atoms with Crippen LogP contribution in [0.1, 0.15) is 15.2 Å². The minimum absolute atomic E-state index is 0.166. The predicted molar refractivity (Wildman–Crippen MR) is 90.5 cm³/mol. The predicted octanol–water partition coefficient (Wildman–Crippen LogP) is 3.11. The number of amides is 1. The van der Waals surface area contributed by atoms with Crippen LogP contribution in [0.3, 0.4) is 0 Å². The molecule has 112 valence electrons. The van der Waals surface area contributed by atoms with Crippen molar-refractivity contribution < 1.29 is 4.79 Å². The Kier molecular flexibility index (Phi) is 4.22. The second-order valence-electron chi connectivity index (χ2n) is 4.83. The Morgan fingerprint density at radius 1 is 1.27 bits per heavy atom. The van der Waals surface area contributed by atoms with Crippen molar-refractivity contribution in [1.82, 2.24) is 9.88 Å². The number of carbonyl (C=O) groups excluding carboxylic acids is 1. The van der Waals surface area contributed by atoms with Gasteiger partial charge in [0.25, 0.3) is 11.5 Å². The smallest absolute Gasteiger partial charge is 0.263 e. The van der Waals surface area contributed by atoms with Gasteiger partial charge in [-0.05, 0) is 51.5 Å². The molecule has 6 heteroatoms. The van der Waals surface area contributed by atoms with E-state index in [-0.39, 0.29) is 17.0 Å². The maximum atomic E-state index is 12.1. The van der Waals surface area contributed by atoms with Crippen LogP contribution in [0, 0.1) is 0 Å². The molecule has 3 heterocycles. The lowest BCUT2D eigenvalue weighted by Crippen LogP contribution is -2.31. The van der Waals surface area contributed by atoms with E-state index in [0.717, 1.165) is 10.4 Å². The maximum absolute atomic E-state index is 12.1. The Hall–Kier alpha value is -2.18. The molecule has 0 unspecified atom stereocenters. The number of hydrogen-bond acceptors (Lipinski definition) is 4. The summed E-state index contributed by atoms with van der Waals surface area (Å²) in [6.07, 6.45) is 1.63. The monoisotopic (exact) mass is 330 g/mol. The van der Waals surface area contributed by atoms with E-state index in [0.29, 0.717) is 6.54 Å². The number of nitrogens with zero attached hydrogens (tertiary/aromatic N) is 1. The first-order valence-electron chi connectivity index (χ1n) is 6.69. The van der Waals surface area contributed by atoms with Gasteiger partial charge in [0.05, 0.1) is 6.54 Å². The highest BCUT2D eigenvalue weighted by molar-refractivity contribution is 7.10. The summed E-state index contributed by atoms with van der Waals surface area (Å²) in [7, 11) is 1.63. The molecule has 0 bridgehead atoms. The third-order valence-corrected chi connectivity index (χ3v) is 4.92. The molecule has 3 aromatic rings. The van der Waals surface area contributed by atoms with Crippen molar-refractivity contribution in [3.8, 4) is 11.1 Å². The minimum atomic E-state index is -0.341. The molecule has 1 N–H and O–H groups in total.